The molecule has 5 rings (SSSR count). The highest BCUT2D eigenvalue weighted by molar-refractivity contribution is 5.85. The monoisotopic (exact) mass is 657 g/mol. The molecule has 5 aliphatic carbocycles. The van der Waals surface area contributed by atoms with Gasteiger partial charge in [-0.25, -0.2) is 0 Å². The van der Waals surface area contributed by atoms with Crippen LogP contribution >= 0.6 is 12.4 Å². The molecular weight excluding hydrogens is 590 g/mol. The predicted molar refractivity (Wildman–Crippen MR) is 193 cm³/mol. The molecule has 0 bridgehead atoms. The number of carbonyl (C=O) groups is 1. The molecule has 0 aromatic carbocycles. The van der Waals surface area contributed by atoms with Crippen LogP contribution in [0.2, 0.25) is 0 Å². The second kappa shape index (κ2) is 13.7. The van der Waals surface area contributed by atoms with Crippen LogP contribution in [0.5, 0.6) is 0 Å². The highest BCUT2D eigenvalue weighted by atomic mass is 35.5. The molecule has 0 amide bonds. The van der Waals surface area contributed by atoms with Crippen LogP contribution in [0, 0.1) is 68.5 Å². The number of fused-ring (bicyclic) bond motifs is 7. The number of aliphatic hydroxyl groups excluding tert-OH is 1. The molecule has 1 N–H and O–H groups in total. The van der Waals surface area contributed by atoms with Gasteiger partial charge in [-0.05, 0) is 143 Å². The molecule has 5 aliphatic rings. The third-order valence-corrected chi connectivity index (χ3v) is 15.5. The molecule has 46 heavy (non-hydrogen) atoms. The van der Waals surface area contributed by atoms with Gasteiger partial charge in [0, 0.05) is 17.8 Å². The Morgan fingerprint density at radius 2 is 1.57 bits per heavy atom. The summed E-state index contributed by atoms with van der Waals surface area (Å²) in [6, 6.07) is 0. The van der Waals surface area contributed by atoms with E-state index >= 15 is 0 Å². The molecule has 4 nitrogen and oxygen atoms in total. The van der Waals surface area contributed by atoms with Gasteiger partial charge in [0.2, 0.25) is 0 Å². The molecular formula is C41H68ClNO3. The maximum atomic E-state index is 12.1. The minimum absolute atomic E-state index is 0. The SMILES string of the molecule is C=C(C)[C@@H]1CC[C@]2([C@H](O)C#CCN(CCC)CCC)CC[C@]3(C)[C@H](CC[C@@H]4[C@@]5(C)CC[C@H](OC(C)=O)C(C)(C)[C@@H]5CC[C@]43C)[C@@H]12.Cl. The standard InChI is InChI=1S/C41H67NO3.ClH/c1-11-25-42(26-12-2)27-13-14-34(44)41-22-17-30(28(3)4)36(41)31-15-16-33-38(8)20-19-35(45-29(5)43)37(6,7)32(38)18-21-40(33,10)39(31,9)23-24-41;/h30-36,44H,3,11-12,15-27H2,1-2,4-10H3;1H/t30-,31+,32-,33+,34+,35-,36+,38-,39+,40+,41+;/m0./s1. The summed E-state index contributed by atoms with van der Waals surface area (Å²) in [5.74, 6) is 9.57. The largest absolute Gasteiger partial charge is 0.462 e. The molecule has 0 radical (unpaired) electrons. The smallest absolute Gasteiger partial charge is 0.302 e. The van der Waals surface area contributed by atoms with Crippen molar-refractivity contribution in [3.8, 4) is 11.8 Å². The van der Waals surface area contributed by atoms with Crippen LogP contribution in [0.25, 0.3) is 0 Å². The van der Waals surface area contributed by atoms with Gasteiger partial charge in [-0.3, -0.25) is 9.69 Å². The van der Waals surface area contributed by atoms with Gasteiger partial charge >= 0.3 is 5.97 Å². The van der Waals surface area contributed by atoms with E-state index in [-0.39, 0.29) is 51.6 Å². The lowest BCUT2D eigenvalue weighted by molar-refractivity contribution is -0.253. The fraction of sp³-hybridized carbons (Fsp3) is 0.878. The maximum absolute atomic E-state index is 12.1. The average Bonchev–Trinajstić information content (AvgIpc) is 3.36. The van der Waals surface area contributed by atoms with E-state index in [2.05, 4.69) is 78.7 Å². The van der Waals surface area contributed by atoms with Gasteiger partial charge in [0.05, 0.1) is 6.54 Å². The Labute approximate surface area is 289 Å². The topological polar surface area (TPSA) is 49.8 Å². The molecule has 0 unspecified atom stereocenters. The van der Waals surface area contributed by atoms with Crippen molar-refractivity contribution >= 4 is 18.4 Å². The third kappa shape index (κ3) is 5.83. The van der Waals surface area contributed by atoms with Crippen LogP contribution in [0.4, 0.5) is 0 Å². The average molecular weight is 658 g/mol. The molecule has 11 atom stereocenters. The number of esters is 1. The number of ether oxygens (including phenoxy) is 1. The molecule has 0 aliphatic heterocycles. The van der Waals surface area contributed by atoms with Gasteiger partial charge < -0.3 is 9.84 Å². The number of rotatable bonds is 8. The second-order valence-corrected chi connectivity index (χ2v) is 17.9. The predicted octanol–water partition coefficient (Wildman–Crippen LogP) is 9.48. The number of carbonyl (C=O) groups excluding carboxylic acids is 1. The van der Waals surface area contributed by atoms with Gasteiger partial charge in [0.25, 0.3) is 0 Å². The van der Waals surface area contributed by atoms with Crippen molar-refractivity contribution in [2.75, 3.05) is 19.6 Å². The van der Waals surface area contributed by atoms with Crippen molar-refractivity contribution in [1.82, 2.24) is 4.90 Å². The Balaban J connectivity index is 0.00000480. The van der Waals surface area contributed by atoms with E-state index in [0.29, 0.717) is 29.6 Å². The van der Waals surface area contributed by atoms with Gasteiger partial charge in [0.15, 0.2) is 0 Å². The molecule has 5 heteroatoms. The molecule has 5 fully saturated rings. The third-order valence-electron chi connectivity index (χ3n) is 15.5. The second-order valence-electron chi connectivity index (χ2n) is 17.9. The lowest BCUT2D eigenvalue weighted by atomic mass is 9.32. The van der Waals surface area contributed by atoms with Gasteiger partial charge in [-0.1, -0.05) is 72.5 Å². The fourth-order valence-corrected chi connectivity index (χ4v) is 13.4. The van der Waals surface area contributed by atoms with Crippen molar-refractivity contribution in [2.24, 2.45) is 56.7 Å². The van der Waals surface area contributed by atoms with E-state index in [1.165, 1.54) is 37.7 Å². The highest BCUT2D eigenvalue weighted by Gasteiger charge is 2.71. The van der Waals surface area contributed by atoms with E-state index in [1.54, 1.807) is 6.92 Å². The number of nitrogens with zero attached hydrogens (tertiary/aromatic N) is 1. The summed E-state index contributed by atoms with van der Waals surface area (Å²) < 4.78 is 5.96. The van der Waals surface area contributed by atoms with Crippen LogP contribution in [-0.2, 0) is 9.53 Å². The zero-order valence-corrected chi connectivity index (χ0v) is 31.8. The number of halogens is 1. The summed E-state index contributed by atoms with van der Waals surface area (Å²) in [4.78, 5) is 14.5. The van der Waals surface area contributed by atoms with E-state index in [9.17, 15) is 9.90 Å². The Kier molecular flexibility index (Phi) is 11.3. The summed E-state index contributed by atoms with van der Waals surface area (Å²) >= 11 is 0. The lowest BCUT2D eigenvalue weighted by Gasteiger charge is -2.73. The molecule has 0 spiro atoms. The lowest BCUT2D eigenvalue weighted by Crippen LogP contribution is -2.67. The number of hydrogen-bond donors (Lipinski definition) is 1. The molecule has 5 saturated carbocycles. The number of aliphatic hydroxyl groups is 1. The summed E-state index contributed by atoms with van der Waals surface area (Å²) in [5, 5.41) is 12.1. The molecule has 0 aromatic heterocycles. The summed E-state index contributed by atoms with van der Waals surface area (Å²) in [6.07, 6.45) is 13.4. The van der Waals surface area contributed by atoms with Gasteiger partial charge in [0.1, 0.15) is 12.2 Å². The van der Waals surface area contributed by atoms with Crippen molar-refractivity contribution in [3.05, 3.63) is 12.2 Å². The van der Waals surface area contributed by atoms with E-state index in [0.717, 1.165) is 64.6 Å². The Morgan fingerprint density at radius 3 is 2.17 bits per heavy atom. The summed E-state index contributed by atoms with van der Waals surface area (Å²) in [5.41, 5.74) is 1.94. The molecule has 262 valence electrons. The minimum atomic E-state index is -0.558. The fourth-order valence-electron chi connectivity index (χ4n) is 13.4. The first-order chi connectivity index (χ1) is 21.1. The van der Waals surface area contributed by atoms with Crippen molar-refractivity contribution < 1.29 is 14.6 Å². The molecule has 0 heterocycles. The molecule has 0 aromatic rings. The van der Waals surface area contributed by atoms with E-state index < -0.39 is 6.10 Å². The summed E-state index contributed by atoms with van der Waals surface area (Å²) in [6.45, 7) is 28.5. The highest BCUT2D eigenvalue weighted by Crippen LogP contribution is 2.78. The maximum Gasteiger partial charge on any atom is 0.302 e. The van der Waals surface area contributed by atoms with Crippen LogP contribution < -0.4 is 0 Å². The van der Waals surface area contributed by atoms with Crippen molar-refractivity contribution in [2.45, 2.75) is 152 Å². The zero-order valence-electron chi connectivity index (χ0n) is 31.0. The Bertz CT molecular complexity index is 1180. The zero-order chi connectivity index (χ0) is 33.0. The Morgan fingerprint density at radius 1 is 0.891 bits per heavy atom. The van der Waals surface area contributed by atoms with E-state index in [1.807, 2.05) is 0 Å². The van der Waals surface area contributed by atoms with Gasteiger partial charge in [-0.2, -0.15) is 0 Å². The molecule has 0 saturated heterocycles. The van der Waals surface area contributed by atoms with E-state index in [4.69, 9.17) is 4.74 Å². The normalized spacial score (nSPS) is 43.0. The van der Waals surface area contributed by atoms with Crippen LogP contribution in [0.3, 0.4) is 0 Å². The Hall–Kier alpha value is -1.02. The van der Waals surface area contributed by atoms with Crippen LogP contribution in [-0.4, -0.2) is 47.8 Å². The number of hydrogen-bond acceptors (Lipinski definition) is 4. The first kappa shape index (κ1) is 37.8. The first-order valence-corrected chi connectivity index (χ1v) is 18.8. The van der Waals surface area contributed by atoms with Crippen LogP contribution in [0.15, 0.2) is 12.2 Å². The van der Waals surface area contributed by atoms with Crippen LogP contribution in [0.1, 0.15) is 139 Å². The minimum Gasteiger partial charge on any atom is -0.462 e. The van der Waals surface area contributed by atoms with Gasteiger partial charge in [-0.15, -0.1) is 12.4 Å². The van der Waals surface area contributed by atoms with Crippen molar-refractivity contribution in [3.63, 3.8) is 0 Å². The summed E-state index contributed by atoms with van der Waals surface area (Å²) in [7, 11) is 0. The number of allylic oxidation sites excluding steroid dienone is 1. The first-order valence-electron chi connectivity index (χ1n) is 18.8. The van der Waals surface area contributed by atoms with Crippen molar-refractivity contribution in [1.29, 1.82) is 0 Å². The quantitative estimate of drug-likeness (QED) is 0.160.